The van der Waals surface area contributed by atoms with Gasteiger partial charge in [0.15, 0.2) is 0 Å². The predicted octanol–water partition coefficient (Wildman–Crippen LogP) is 3.82. The van der Waals surface area contributed by atoms with Gasteiger partial charge in [-0.3, -0.25) is 0 Å². The Hall–Kier alpha value is -0.0400. The van der Waals surface area contributed by atoms with Gasteiger partial charge < -0.3 is 5.73 Å². The highest BCUT2D eigenvalue weighted by Gasteiger charge is 2.20. The van der Waals surface area contributed by atoms with Gasteiger partial charge >= 0.3 is 0 Å². The standard InChI is InChI=1S/C13H29N/c1-6-11(5)8-9-12(10(3)4)13(14)7-2/h10-13H,6-9,14H2,1-5H3. The lowest BCUT2D eigenvalue weighted by molar-refractivity contribution is 0.269. The van der Waals surface area contributed by atoms with Gasteiger partial charge in [-0.25, -0.2) is 0 Å². The van der Waals surface area contributed by atoms with Crippen LogP contribution in [-0.4, -0.2) is 6.04 Å². The predicted molar refractivity (Wildman–Crippen MR) is 65.3 cm³/mol. The molecule has 0 amide bonds. The van der Waals surface area contributed by atoms with Crippen LogP contribution in [0, 0.1) is 17.8 Å². The van der Waals surface area contributed by atoms with Gasteiger partial charge in [0.1, 0.15) is 0 Å². The van der Waals surface area contributed by atoms with Crippen LogP contribution in [0.25, 0.3) is 0 Å². The van der Waals surface area contributed by atoms with E-state index in [1.807, 2.05) is 0 Å². The van der Waals surface area contributed by atoms with E-state index in [1.54, 1.807) is 0 Å². The van der Waals surface area contributed by atoms with Gasteiger partial charge in [0.2, 0.25) is 0 Å². The van der Waals surface area contributed by atoms with Crippen LogP contribution in [0.15, 0.2) is 0 Å². The Kier molecular flexibility index (Phi) is 7.26. The molecule has 0 aromatic carbocycles. The van der Waals surface area contributed by atoms with E-state index < -0.39 is 0 Å². The van der Waals surface area contributed by atoms with Gasteiger partial charge in [-0.1, -0.05) is 47.5 Å². The molecule has 0 aliphatic rings. The quantitative estimate of drug-likeness (QED) is 0.662. The number of hydrogen-bond donors (Lipinski definition) is 1. The summed E-state index contributed by atoms with van der Waals surface area (Å²) in [6.45, 7) is 11.4. The second-order valence-corrected chi connectivity index (χ2v) is 5.07. The van der Waals surface area contributed by atoms with Crippen molar-refractivity contribution in [1.82, 2.24) is 0 Å². The molecule has 3 unspecified atom stereocenters. The fraction of sp³-hybridized carbons (Fsp3) is 1.00. The first kappa shape index (κ1) is 14.0. The van der Waals surface area contributed by atoms with E-state index in [0.29, 0.717) is 12.0 Å². The third kappa shape index (κ3) is 4.99. The molecule has 86 valence electrons. The summed E-state index contributed by atoms with van der Waals surface area (Å²) in [4.78, 5) is 0. The van der Waals surface area contributed by atoms with Gasteiger partial charge in [0.05, 0.1) is 0 Å². The number of hydrogen-bond acceptors (Lipinski definition) is 1. The minimum absolute atomic E-state index is 0.402. The zero-order valence-electron chi connectivity index (χ0n) is 10.7. The molecule has 0 aliphatic heterocycles. The highest BCUT2D eigenvalue weighted by Crippen LogP contribution is 2.24. The first-order valence-electron chi connectivity index (χ1n) is 6.28. The second kappa shape index (κ2) is 7.28. The summed E-state index contributed by atoms with van der Waals surface area (Å²) in [5, 5.41) is 0. The molecule has 3 atom stereocenters. The van der Waals surface area contributed by atoms with Gasteiger partial charge in [-0.2, -0.15) is 0 Å². The van der Waals surface area contributed by atoms with E-state index in [-0.39, 0.29) is 0 Å². The molecule has 0 fully saturated rings. The summed E-state index contributed by atoms with van der Waals surface area (Å²) in [6, 6.07) is 0.402. The highest BCUT2D eigenvalue weighted by atomic mass is 14.6. The van der Waals surface area contributed by atoms with Crippen molar-refractivity contribution in [3.63, 3.8) is 0 Å². The average Bonchev–Trinajstić information content (AvgIpc) is 2.16. The minimum Gasteiger partial charge on any atom is -0.327 e. The molecule has 0 saturated heterocycles. The molecule has 0 heterocycles. The van der Waals surface area contributed by atoms with E-state index in [4.69, 9.17) is 5.73 Å². The van der Waals surface area contributed by atoms with Crippen LogP contribution in [-0.2, 0) is 0 Å². The monoisotopic (exact) mass is 199 g/mol. The molecular weight excluding hydrogens is 170 g/mol. The smallest absolute Gasteiger partial charge is 0.00669 e. The largest absolute Gasteiger partial charge is 0.327 e. The Morgan fingerprint density at radius 2 is 1.50 bits per heavy atom. The normalized spacial score (nSPS) is 18.2. The summed E-state index contributed by atoms with van der Waals surface area (Å²) in [7, 11) is 0. The Morgan fingerprint density at radius 1 is 0.929 bits per heavy atom. The minimum atomic E-state index is 0.402. The van der Waals surface area contributed by atoms with Crippen molar-refractivity contribution >= 4 is 0 Å². The zero-order valence-corrected chi connectivity index (χ0v) is 10.7. The van der Waals surface area contributed by atoms with Gasteiger partial charge in [0.25, 0.3) is 0 Å². The molecule has 0 rings (SSSR count). The Balaban J connectivity index is 3.97. The summed E-state index contributed by atoms with van der Waals surface area (Å²) >= 11 is 0. The van der Waals surface area contributed by atoms with Crippen molar-refractivity contribution in [2.24, 2.45) is 23.5 Å². The lowest BCUT2D eigenvalue weighted by Crippen LogP contribution is -2.33. The fourth-order valence-corrected chi connectivity index (χ4v) is 2.03. The summed E-state index contributed by atoms with van der Waals surface area (Å²) < 4.78 is 0. The number of nitrogens with two attached hydrogens (primary N) is 1. The van der Waals surface area contributed by atoms with Crippen LogP contribution in [0.3, 0.4) is 0 Å². The third-order valence-corrected chi connectivity index (χ3v) is 3.57. The molecule has 0 aromatic rings. The Labute approximate surface area is 90.5 Å². The van der Waals surface area contributed by atoms with Gasteiger partial charge in [0, 0.05) is 6.04 Å². The maximum Gasteiger partial charge on any atom is 0.00669 e. The molecule has 1 nitrogen and oxygen atoms in total. The van der Waals surface area contributed by atoms with Crippen LogP contribution < -0.4 is 5.73 Å². The zero-order chi connectivity index (χ0) is 11.1. The van der Waals surface area contributed by atoms with E-state index in [2.05, 4.69) is 34.6 Å². The van der Waals surface area contributed by atoms with Crippen LogP contribution in [0.1, 0.15) is 60.3 Å². The second-order valence-electron chi connectivity index (χ2n) is 5.07. The Morgan fingerprint density at radius 3 is 1.86 bits per heavy atom. The summed E-state index contributed by atoms with van der Waals surface area (Å²) in [5.74, 6) is 2.31. The summed E-state index contributed by atoms with van der Waals surface area (Å²) in [5.41, 5.74) is 6.15. The van der Waals surface area contributed by atoms with Crippen LogP contribution in [0.5, 0.6) is 0 Å². The molecule has 0 aromatic heterocycles. The molecule has 0 aliphatic carbocycles. The van der Waals surface area contributed by atoms with E-state index >= 15 is 0 Å². The van der Waals surface area contributed by atoms with Crippen molar-refractivity contribution < 1.29 is 0 Å². The van der Waals surface area contributed by atoms with Crippen molar-refractivity contribution in [1.29, 1.82) is 0 Å². The molecule has 2 N–H and O–H groups in total. The van der Waals surface area contributed by atoms with E-state index in [1.165, 1.54) is 19.3 Å². The van der Waals surface area contributed by atoms with Gasteiger partial charge in [-0.15, -0.1) is 0 Å². The van der Waals surface area contributed by atoms with Crippen LogP contribution in [0.2, 0.25) is 0 Å². The molecule has 0 bridgehead atoms. The van der Waals surface area contributed by atoms with Gasteiger partial charge in [-0.05, 0) is 30.6 Å². The molecule has 0 saturated carbocycles. The van der Waals surface area contributed by atoms with E-state index in [9.17, 15) is 0 Å². The lowest BCUT2D eigenvalue weighted by Gasteiger charge is -2.27. The molecule has 14 heavy (non-hydrogen) atoms. The number of rotatable bonds is 7. The van der Waals surface area contributed by atoms with Crippen LogP contribution >= 0.6 is 0 Å². The maximum absolute atomic E-state index is 6.15. The van der Waals surface area contributed by atoms with Crippen molar-refractivity contribution in [2.75, 3.05) is 0 Å². The first-order valence-corrected chi connectivity index (χ1v) is 6.28. The summed E-state index contributed by atoms with van der Waals surface area (Å²) in [6.07, 6.45) is 5.06. The van der Waals surface area contributed by atoms with Crippen molar-refractivity contribution in [3.05, 3.63) is 0 Å². The first-order chi connectivity index (χ1) is 6.52. The molecule has 0 radical (unpaired) electrons. The maximum atomic E-state index is 6.15. The molecule has 0 spiro atoms. The Bertz CT molecular complexity index is 131. The van der Waals surface area contributed by atoms with Crippen LogP contribution in [0.4, 0.5) is 0 Å². The lowest BCUT2D eigenvalue weighted by atomic mass is 9.82. The highest BCUT2D eigenvalue weighted by molar-refractivity contribution is 4.75. The van der Waals surface area contributed by atoms with E-state index in [0.717, 1.165) is 18.3 Å². The topological polar surface area (TPSA) is 26.0 Å². The SMILES string of the molecule is CCC(C)CCC(C(C)C)C(N)CC. The fourth-order valence-electron chi connectivity index (χ4n) is 2.03. The average molecular weight is 199 g/mol. The van der Waals surface area contributed by atoms with Crippen molar-refractivity contribution in [2.45, 2.75) is 66.3 Å². The molecular formula is C13H29N. The van der Waals surface area contributed by atoms with Crippen molar-refractivity contribution in [3.8, 4) is 0 Å². The third-order valence-electron chi connectivity index (χ3n) is 3.57. The molecule has 1 heteroatoms.